The van der Waals surface area contributed by atoms with Crippen LogP contribution in [0.1, 0.15) is 47.2 Å². The number of hydrogen-bond acceptors (Lipinski definition) is 9. The molecule has 0 spiro atoms. The van der Waals surface area contributed by atoms with Gasteiger partial charge in [0.25, 0.3) is 0 Å². The standard InChI is InChI=1S/C26H21FN8O3/c1-13-32-33-18(38-13)11-17(36)21-19-22(31-25(37)26(19,2)3)30-23(29-21)20-15-8-6-10-28-24(15)35(34-20)12-14-7-4-5-9-16(14)27/h4-10H,11-12H2,1-3H3,(H,29,30,31,37). The molecule has 0 fully saturated rings. The van der Waals surface area contributed by atoms with Crippen molar-refractivity contribution >= 4 is 28.5 Å². The molecule has 1 N–H and O–H groups in total. The van der Waals surface area contributed by atoms with Gasteiger partial charge in [-0.3, -0.25) is 9.59 Å². The molecule has 11 nitrogen and oxygen atoms in total. The average Bonchev–Trinajstić information content (AvgIpc) is 3.54. The number of ketones is 1. The SMILES string of the molecule is Cc1nnc(CC(=O)c2nc(-c3nn(Cc4ccccc4F)c4ncccc34)nc3c2C(C)(C)C(=O)N3)o1. The number of carbonyl (C=O) groups is 2. The maximum atomic E-state index is 14.4. The molecule has 12 heteroatoms. The first kappa shape index (κ1) is 23.5. The summed E-state index contributed by atoms with van der Waals surface area (Å²) in [6.45, 7) is 5.15. The van der Waals surface area contributed by atoms with E-state index in [1.165, 1.54) is 6.07 Å². The van der Waals surface area contributed by atoms with Gasteiger partial charge < -0.3 is 9.73 Å². The van der Waals surface area contributed by atoms with Crippen molar-refractivity contribution in [2.75, 3.05) is 5.32 Å². The number of pyridine rings is 1. The van der Waals surface area contributed by atoms with E-state index in [2.05, 4.69) is 35.6 Å². The highest BCUT2D eigenvalue weighted by Gasteiger charge is 2.44. The number of fused-ring (bicyclic) bond motifs is 2. The Kier molecular flexibility index (Phi) is 5.33. The number of nitrogens with one attached hydrogen (secondary N) is 1. The summed E-state index contributed by atoms with van der Waals surface area (Å²) in [6, 6.07) is 9.95. The first-order chi connectivity index (χ1) is 18.2. The highest BCUT2D eigenvalue weighted by molar-refractivity contribution is 6.10. The summed E-state index contributed by atoms with van der Waals surface area (Å²) in [5.74, 6) is -0.257. The molecule has 190 valence electrons. The lowest BCUT2D eigenvalue weighted by Gasteiger charge is -2.17. The number of hydrogen-bond donors (Lipinski definition) is 1. The first-order valence-corrected chi connectivity index (χ1v) is 11.8. The maximum absolute atomic E-state index is 14.4. The number of aryl methyl sites for hydroxylation is 1. The predicted molar refractivity (Wildman–Crippen MR) is 133 cm³/mol. The highest BCUT2D eigenvalue weighted by Crippen LogP contribution is 2.40. The Balaban J connectivity index is 1.50. The summed E-state index contributed by atoms with van der Waals surface area (Å²) in [6.07, 6.45) is 1.41. The summed E-state index contributed by atoms with van der Waals surface area (Å²) >= 11 is 0. The van der Waals surface area contributed by atoms with Gasteiger partial charge >= 0.3 is 0 Å². The van der Waals surface area contributed by atoms with E-state index in [9.17, 15) is 14.0 Å². The van der Waals surface area contributed by atoms with Gasteiger partial charge in [-0.1, -0.05) is 18.2 Å². The Bertz CT molecular complexity index is 1760. The summed E-state index contributed by atoms with van der Waals surface area (Å²) in [7, 11) is 0. The number of carbonyl (C=O) groups excluding carboxylic acids is 2. The number of halogens is 1. The van der Waals surface area contributed by atoms with Crippen molar-refractivity contribution in [1.82, 2.24) is 34.9 Å². The van der Waals surface area contributed by atoms with Crippen molar-refractivity contribution in [3.63, 3.8) is 0 Å². The molecule has 0 saturated heterocycles. The lowest BCUT2D eigenvalue weighted by molar-refractivity contribution is -0.119. The molecule has 0 atom stereocenters. The van der Waals surface area contributed by atoms with Crippen LogP contribution in [-0.4, -0.2) is 46.6 Å². The van der Waals surface area contributed by atoms with Crippen molar-refractivity contribution in [2.24, 2.45) is 0 Å². The molecular formula is C26H21FN8O3. The van der Waals surface area contributed by atoms with Crippen LogP contribution in [-0.2, 0) is 23.2 Å². The summed E-state index contributed by atoms with van der Waals surface area (Å²) in [4.78, 5) is 39.9. The van der Waals surface area contributed by atoms with Crippen LogP contribution in [0, 0.1) is 12.7 Å². The Morgan fingerprint density at radius 3 is 2.71 bits per heavy atom. The van der Waals surface area contributed by atoms with Crippen molar-refractivity contribution in [2.45, 2.75) is 39.2 Å². The van der Waals surface area contributed by atoms with Crippen LogP contribution in [0.15, 0.2) is 47.0 Å². The quantitative estimate of drug-likeness (QED) is 0.339. The number of aromatic nitrogens is 7. The molecule has 0 unspecified atom stereocenters. The fourth-order valence-electron chi connectivity index (χ4n) is 4.53. The van der Waals surface area contributed by atoms with E-state index < -0.39 is 11.2 Å². The Labute approximate surface area is 215 Å². The number of anilines is 1. The largest absolute Gasteiger partial charge is 0.425 e. The second kappa shape index (κ2) is 8.61. The predicted octanol–water partition coefficient (Wildman–Crippen LogP) is 3.42. The molecule has 1 aromatic carbocycles. The molecule has 4 aromatic heterocycles. The van der Waals surface area contributed by atoms with Crippen LogP contribution in [0.3, 0.4) is 0 Å². The molecule has 1 aliphatic rings. The number of benzene rings is 1. The van der Waals surface area contributed by atoms with Gasteiger partial charge in [-0.15, -0.1) is 10.2 Å². The molecule has 0 aliphatic carbocycles. The van der Waals surface area contributed by atoms with Crippen LogP contribution in [0.5, 0.6) is 0 Å². The van der Waals surface area contributed by atoms with Gasteiger partial charge in [0.05, 0.1) is 23.8 Å². The molecule has 1 aliphatic heterocycles. The molecule has 6 rings (SSSR count). The van der Waals surface area contributed by atoms with E-state index >= 15 is 0 Å². The third-order valence-electron chi connectivity index (χ3n) is 6.47. The summed E-state index contributed by atoms with van der Waals surface area (Å²) < 4.78 is 21.4. The lowest BCUT2D eigenvalue weighted by Crippen LogP contribution is -2.29. The zero-order valence-corrected chi connectivity index (χ0v) is 20.7. The van der Waals surface area contributed by atoms with E-state index in [1.807, 2.05) is 0 Å². The van der Waals surface area contributed by atoms with E-state index in [0.717, 1.165) is 0 Å². The number of nitrogens with zero attached hydrogens (tertiary/aromatic N) is 7. The van der Waals surface area contributed by atoms with Crippen molar-refractivity contribution in [1.29, 1.82) is 0 Å². The monoisotopic (exact) mass is 512 g/mol. The number of Topliss-reactive ketones (excluding diaryl/α,β-unsaturated/α-hetero) is 1. The van der Waals surface area contributed by atoms with E-state index in [1.54, 1.807) is 62.0 Å². The van der Waals surface area contributed by atoms with Crippen molar-refractivity contribution in [3.05, 3.63) is 77.0 Å². The Morgan fingerprint density at radius 1 is 1.13 bits per heavy atom. The highest BCUT2D eigenvalue weighted by atomic mass is 19.1. The third-order valence-corrected chi connectivity index (χ3v) is 6.47. The van der Waals surface area contributed by atoms with Gasteiger partial charge in [0.1, 0.15) is 23.0 Å². The van der Waals surface area contributed by atoms with Gasteiger partial charge in [0.15, 0.2) is 17.3 Å². The molecular weight excluding hydrogens is 491 g/mol. The second-order valence-electron chi connectivity index (χ2n) is 9.49. The van der Waals surface area contributed by atoms with E-state index in [-0.39, 0.29) is 47.9 Å². The number of rotatable bonds is 6. The van der Waals surface area contributed by atoms with Crippen LogP contribution >= 0.6 is 0 Å². The van der Waals surface area contributed by atoms with Gasteiger partial charge in [-0.05, 0) is 32.0 Å². The average molecular weight is 513 g/mol. The fourth-order valence-corrected chi connectivity index (χ4v) is 4.53. The molecule has 5 heterocycles. The smallest absolute Gasteiger partial charge is 0.235 e. The van der Waals surface area contributed by atoms with Crippen LogP contribution in [0.4, 0.5) is 10.2 Å². The molecule has 0 radical (unpaired) electrons. The molecule has 5 aromatic rings. The van der Waals surface area contributed by atoms with Crippen LogP contribution in [0.2, 0.25) is 0 Å². The third kappa shape index (κ3) is 3.81. The maximum Gasteiger partial charge on any atom is 0.235 e. The minimum absolute atomic E-state index is 0.0601. The zero-order valence-electron chi connectivity index (χ0n) is 20.7. The Morgan fingerprint density at radius 2 is 1.95 bits per heavy atom. The van der Waals surface area contributed by atoms with Gasteiger partial charge in [-0.25, -0.2) is 24.0 Å². The summed E-state index contributed by atoms with van der Waals surface area (Å²) in [5, 5.41) is 15.7. The number of amides is 1. The van der Waals surface area contributed by atoms with Crippen LogP contribution in [0.25, 0.3) is 22.6 Å². The minimum atomic E-state index is -1.04. The van der Waals surface area contributed by atoms with Gasteiger partial charge in [0.2, 0.25) is 17.7 Å². The minimum Gasteiger partial charge on any atom is -0.425 e. The second-order valence-corrected chi connectivity index (χ2v) is 9.49. The Hall–Kier alpha value is -4.87. The summed E-state index contributed by atoms with van der Waals surface area (Å²) in [5.41, 5.74) is 0.675. The first-order valence-electron chi connectivity index (χ1n) is 11.8. The normalized spacial score (nSPS) is 14.1. The topological polar surface area (TPSA) is 142 Å². The van der Waals surface area contributed by atoms with E-state index in [4.69, 9.17) is 4.42 Å². The van der Waals surface area contributed by atoms with Crippen molar-refractivity contribution < 1.29 is 18.4 Å². The molecule has 0 bridgehead atoms. The van der Waals surface area contributed by atoms with Crippen LogP contribution < -0.4 is 5.32 Å². The molecule has 0 saturated carbocycles. The molecule has 38 heavy (non-hydrogen) atoms. The fraction of sp³-hybridized carbons (Fsp3) is 0.231. The lowest BCUT2D eigenvalue weighted by atomic mass is 9.84. The van der Waals surface area contributed by atoms with Crippen molar-refractivity contribution in [3.8, 4) is 11.5 Å². The van der Waals surface area contributed by atoms with Gasteiger partial charge in [-0.2, -0.15) is 5.10 Å². The zero-order chi connectivity index (χ0) is 26.6. The molecule has 1 amide bonds. The van der Waals surface area contributed by atoms with E-state index in [0.29, 0.717) is 33.7 Å². The van der Waals surface area contributed by atoms with Gasteiger partial charge in [0, 0.05) is 24.2 Å².